The number of fused-ring (bicyclic) bond motifs is 1. The number of carboxylic acids is 1. The number of hydrogen-bond acceptors (Lipinski definition) is 5. The molecule has 4 N–H and O–H groups in total. The summed E-state index contributed by atoms with van der Waals surface area (Å²) in [6.45, 7) is 3.72. The van der Waals surface area contributed by atoms with E-state index in [4.69, 9.17) is 5.11 Å². The summed E-state index contributed by atoms with van der Waals surface area (Å²) in [5.74, 6) is 0.301. The van der Waals surface area contributed by atoms with Crippen LogP contribution in [-0.2, 0) is 11.2 Å². The van der Waals surface area contributed by atoms with Crippen LogP contribution in [0.2, 0.25) is 0 Å². The topological polar surface area (TPSA) is 86.3 Å². The fourth-order valence-electron chi connectivity index (χ4n) is 4.07. The summed E-state index contributed by atoms with van der Waals surface area (Å²) in [6.07, 6.45) is 1.84. The van der Waals surface area contributed by atoms with E-state index in [1.165, 1.54) is 5.56 Å². The van der Waals surface area contributed by atoms with Crippen molar-refractivity contribution in [2.24, 2.45) is 0 Å². The molecule has 1 aliphatic heterocycles. The third kappa shape index (κ3) is 5.22. The molecule has 0 spiro atoms. The van der Waals surface area contributed by atoms with Crippen molar-refractivity contribution in [1.29, 1.82) is 0 Å². The van der Waals surface area contributed by atoms with Crippen molar-refractivity contribution in [3.8, 4) is 0 Å². The molecule has 160 valence electrons. The minimum absolute atomic E-state index is 0.0463. The average molecular weight is 417 g/mol. The third-order valence-electron chi connectivity index (χ3n) is 5.72. The predicted octanol–water partition coefficient (Wildman–Crippen LogP) is 4.05. The molecular formula is C25H28N4O2. The predicted molar refractivity (Wildman–Crippen MR) is 124 cm³/mol. The molecular weight excluding hydrogens is 388 g/mol. The smallest absolute Gasteiger partial charge is 0.307 e. The molecule has 3 aromatic rings. The SMILES string of the molecule is C[C@@H](CN[C@@H](c1ccccc1)[C@H]1CNc2cccnc2N1)c1cccc(CC(=O)O)c1. The number of carbonyl (C=O) groups is 1. The lowest BCUT2D eigenvalue weighted by Gasteiger charge is -2.35. The van der Waals surface area contributed by atoms with Crippen LogP contribution in [0.25, 0.3) is 0 Å². The highest BCUT2D eigenvalue weighted by atomic mass is 16.4. The molecule has 2 heterocycles. The fraction of sp³-hybridized carbons (Fsp3) is 0.280. The van der Waals surface area contributed by atoms with E-state index in [1.807, 2.05) is 36.4 Å². The fourth-order valence-corrected chi connectivity index (χ4v) is 4.07. The second-order valence-corrected chi connectivity index (χ2v) is 8.04. The molecule has 0 bridgehead atoms. The van der Waals surface area contributed by atoms with Gasteiger partial charge in [0, 0.05) is 19.3 Å². The Hall–Kier alpha value is -3.38. The molecule has 6 heteroatoms. The van der Waals surface area contributed by atoms with Gasteiger partial charge in [0.05, 0.1) is 24.2 Å². The van der Waals surface area contributed by atoms with Crippen LogP contribution in [0.3, 0.4) is 0 Å². The lowest BCUT2D eigenvalue weighted by atomic mass is 9.94. The quantitative estimate of drug-likeness (QED) is 0.443. The maximum Gasteiger partial charge on any atom is 0.307 e. The van der Waals surface area contributed by atoms with Crippen molar-refractivity contribution in [2.75, 3.05) is 23.7 Å². The molecule has 1 aliphatic rings. The number of rotatable bonds is 8. The zero-order valence-corrected chi connectivity index (χ0v) is 17.6. The van der Waals surface area contributed by atoms with Crippen molar-refractivity contribution in [3.63, 3.8) is 0 Å². The van der Waals surface area contributed by atoms with E-state index >= 15 is 0 Å². The van der Waals surface area contributed by atoms with Crippen LogP contribution in [-0.4, -0.2) is 35.2 Å². The molecule has 1 aromatic heterocycles. The van der Waals surface area contributed by atoms with Crippen molar-refractivity contribution in [3.05, 3.63) is 89.6 Å². The van der Waals surface area contributed by atoms with E-state index in [0.29, 0.717) is 0 Å². The maximum atomic E-state index is 11.1. The van der Waals surface area contributed by atoms with E-state index in [1.54, 1.807) is 6.20 Å². The highest BCUT2D eigenvalue weighted by molar-refractivity contribution is 5.70. The monoisotopic (exact) mass is 416 g/mol. The first-order chi connectivity index (χ1) is 15.1. The van der Waals surface area contributed by atoms with Gasteiger partial charge in [0.1, 0.15) is 5.82 Å². The number of nitrogens with one attached hydrogen (secondary N) is 3. The van der Waals surface area contributed by atoms with E-state index in [-0.39, 0.29) is 24.4 Å². The summed E-state index contributed by atoms with van der Waals surface area (Å²) < 4.78 is 0. The molecule has 31 heavy (non-hydrogen) atoms. The van der Waals surface area contributed by atoms with E-state index < -0.39 is 5.97 Å². The molecule has 0 aliphatic carbocycles. The Balaban J connectivity index is 1.49. The first kappa shape index (κ1) is 20.9. The lowest BCUT2D eigenvalue weighted by Crippen LogP contribution is -2.45. The molecule has 3 atom stereocenters. The van der Waals surface area contributed by atoms with Crippen LogP contribution in [0, 0.1) is 0 Å². The van der Waals surface area contributed by atoms with E-state index in [0.717, 1.165) is 35.7 Å². The van der Waals surface area contributed by atoms with Gasteiger partial charge in [-0.05, 0) is 34.7 Å². The van der Waals surface area contributed by atoms with Gasteiger partial charge in [-0.2, -0.15) is 0 Å². The molecule has 0 saturated carbocycles. The van der Waals surface area contributed by atoms with Gasteiger partial charge in [-0.25, -0.2) is 4.98 Å². The van der Waals surface area contributed by atoms with Crippen molar-refractivity contribution in [2.45, 2.75) is 31.3 Å². The van der Waals surface area contributed by atoms with Gasteiger partial charge in [-0.15, -0.1) is 0 Å². The zero-order valence-electron chi connectivity index (χ0n) is 17.6. The minimum Gasteiger partial charge on any atom is -0.481 e. The van der Waals surface area contributed by atoms with Crippen molar-refractivity contribution >= 4 is 17.5 Å². The van der Waals surface area contributed by atoms with Crippen LogP contribution < -0.4 is 16.0 Å². The van der Waals surface area contributed by atoms with Crippen LogP contribution in [0.15, 0.2) is 72.9 Å². The number of aliphatic carboxylic acids is 1. The summed E-state index contributed by atoms with van der Waals surface area (Å²) in [5.41, 5.74) is 4.21. The van der Waals surface area contributed by atoms with Gasteiger partial charge in [0.15, 0.2) is 0 Å². The van der Waals surface area contributed by atoms with Gasteiger partial charge in [-0.1, -0.05) is 61.5 Å². The molecule has 0 radical (unpaired) electrons. The van der Waals surface area contributed by atoms with Gasteiger partial charge in [0.2, 0.25) is 0 Å². The molecule has 0 fully saturated rings. The molecule has 4 rings (SSSR count). The van der Waals surface area contributed by atoms with Gasteiger partial charge < -0.3 is 21.1 Å². The Bertz CT molecular complexity index is 1020. The number of hydrogen-bond donors (Lipinski definition) is 4. The Morgan fingerprint density at radius 2 is 1.94 bits per heavy atom. The van der Waals surface area contributed by atoms with Crippen LogP contribution >= 0.6 is 0 Å². The van der Waals surface area contributed by atoms with Gasteiger partial charge in [-0.3, -0.25) is 4.79 Å². The highest BCUT2D eigenvalue weighted by Gasteiger charge is 2.27. The Kier molecular flexibility index (Phi) is 6.48. The average Bonchev–Trinajstić information content (AvgIpc) is 2.79. The first-order valence-corrected chi connectivity index (χ1v) is 10.6. The first-order valence-electron chi connectivity index (χ1n) is 10.6. The minimum atomic E-state index is -0.808. The third-order valence-corrected chi connectivity index (χ3v) is 5.72. The molecule has 0 amide bonds. The molecule has 6 nitrogen and oxygen atoms in total. The highest BCUT2D eigenvalue weighted by Crippen LogP contribution is 2.29. The van der Waals surface area contributed by atoms with E-state index in [9.17, 15) is 4.79 Å². The summed E-state index contributed by atoms with van der Waals surface area (Å²) in [5, 5.41) is 19.9. The second-order valence-electron chi connectivity index (χ2n) is 8.04. The Labute approximate surface area is 182 Å². The van der Waals surface area contributed by atoms with Crippen molar-refractivity contribution < 1.29 is 9.90 Å². The maximum absolute atomic E-state index is 11.1. The summed E-state index contributed by atoms with van der Waals surface area (Å²) >= 11 is 0. The Morgan fingerprint density at radius 1 is 1.13 bits per heavy atom. The van der Waals surface area contributed by atoms with Gasteiger partial charge >= 0.3 is 5.97 Å². The lowest BCUT2D eigenvalue weighted by molar-refractivity contribution is -0.136. The largest absolute Gasteiger partial charge is 0.481 e. The number of aromatic nitrogens is 1. The summed E-state index contributed by atoms with van der Waals surface area (Å²) in [7, 11) is 0. The standard InChI is InChI=1S/C25H28N4O2/c1-17(20-10-5-7-18(13-20)14-23(30)31)15-28-24(19-8-3-2-4-9-19)22-16-27-21-11-6-12-26-25(21)29-22/h2-13,17,22,24,27-28H,14-16H2,1H3,(H,26,29)(H,30,31)/t17-,22+,24-/m0/s1. The summed E-state index contributed by atoms with van der Waals surface area (Å²) in [6, 6.07) is 22.5. The van der Waals surface area contributed by atoms with Crippen LogP contribution in [0.4, 0.5) is 11.5 Å². The normalized spacial score (nSPS) is 17.0. The Morgan fingerprint density at radius 3 is 2.74 bits per heavy atom. The van der Waals surface area contributed by atoms with Gasteiger partial charge in [0.25, 0.3) is 0 Å². The van der Waals surface area contributed by atoms with Crippen molar-refractivity contribution in [1.82, 2.24) is 10.3 Å². The van der Waals surface area contributed by atoms with Crippen LogP contribution in [0.1, 0.15) is 35.6 Å². The second kappa shape index (κ2) is 9.62. The van der Waals surface area contributed by atoms with E-state index in [2.05, 4.69) is 58.2 Å². The molecule has 0 saturated heterocycles. The number of anilines is 2. The number of pyridine rings is 1. The molecule has 2 aromatic carbocycles. The number of nitrogens with zero attached hydrogens (tertiary/aromatic N) is 1. The number of benzene rings is 2. The van der Waals surface area contributed by atoms with Crippen LogP contribution in [0.5, 0.6) is 0 Å². The number of carboxylic acid groups (broad SMARTS) is 1. The zero-order chi connectivity index (χ0) is 21.6. The molecule has 0 unspecified atom stereocenters. The summed E-state index contributed by atoms with van der Waals surface area (Å²) in [4.78, 5) is 15.5.